The van der Waals surface area contributed by atoms with E-state index >= 15 is 0 Å². The van der Waals surface area contributed by atoms with Crippen LogP contribution in [0.5, 0.6) is 0 Å². The lowest BCUT2D eigenvalue weighted by Gasteiger charge is -2.31. The fourth-order valence-electron chi connectivity index (χ4n) is 4.34. The first kappa shape index (κ1) is 16.8. The molecule has 2 saturated carbocycles. The summed E-state index contributed by atoms with van der Waals surface area (Å²) in [5.41, 5.74) is -0.757. The fourth-order valence-corrected chi connectivity index (χ4v) is 4.34. The lowest BCUT2D eigenvalue weighted by Crippen LogP contribution is -2.47. The fraction of sp³-hybridized carbons (Fsp3) is 0.941. The molecule has 122 valence electrons. The summed E-state index contributed by atoms with van der Waals surface area (Å²) in [6.45, 7) is 9.44. The van der Waals surface area contributed by atoms with E-state index in [0.29, 0.717) is 19.0 Å². The maximum absolute atomic E-state index is 12.2. The van der Waals surface area contributed by atoms with Gasteiger partial charge in [-0.15, -0.1) is 0 Å². The predicted octanol–water partition coefficient (Wildman–Crippen LogP) is 2.02. The van der Waals surface area contributed by atoms with Gasteiger partial charge in [0.1, 0.15) is 0 Å². The molecule has 4 atom stereocenters. The normalized spacial score (nSPS) is 29.9. The lowest BCUT2D eigenvalue weighted by molar-refractivity contribution is -0.123. The van der Waals surface area contributed by atoms with Crippen molar-refractivity contribution in [2.75, 3.05) is 19.6 Å². The number of likely N-dealkylation sites (N-methyl/N-ethyl adjacent to an activating group) is 1. The number of hydrogen-bond acceptors (Lipinski definition) is 3. The zero-order chi connectivity index (χ0) is 15.6. The molecule has 2 rings (SSSR count). The number of fused-ring (bicyclic) bond motifs is 2. The number of rotatable bonds is 7. The third kappa shape index (κ3) is 4.68. The number of carbonyl (C=O) groups is 1. The second-order valence-corrected chi connectivity index (χ2v) is 7.81. The quantitative estimate of drug-likeness (QED) is 0.756. The number of nitrogens with zero attached hydrogens (tertiary/aromatic N) is 1. The van der Waals surface area contributed by atoms with Gasteiger partial charge in [-0.2, -0.15) is 0 Å². The van der Waals surface area contributed by atoms with Crippen molar-refractivity contribution in [3.05, 3.63) is 0 Å². The maximum Gasteiger partial charge on any atom is 0.234 e. The zero-order valence-corrected chi connectivity index (χ0v) is 14.1. The first-order chi connectivity index (χ1) is 9.78. The highest BCUT2D eigenvalue weighted by molar-refractivity contribution is 5.78. The van der Waals surface area contributed by atoms with E-state index in [4.69, 9.17) is 0 Å². The van der Waals surface area contributed by atoms with E-state index in [1.807, 2.05) is 11.8 Å². The van der Waals surface area contributed by atoms with Crippen LogP contribution in [-0.2, 0) is 4.79 Å². The van der Waals surface area contributed by atoms with Gasteiger partial charge in [0, 0.05) is 12.6 Å². The summed E-state index contributed by atoms with van der Waals surface area (Å²) in [6, 6.07) is 0.286. The van der Waals surface area contributed by atoms with Gasteiger partial charge < -0.3 is 10.4 Å². The highest BCUT2D eigenvalue weighted by Crippen LogP contribution is 2.49. The molecule has 0 aliphatic heterocycles. The number of carbonyl (C=O) groups excluding carboxylic acids is 1. The molecule has 2 aliphatic rings. The van der Waals surface area contributed by atoms with Crippen molar-refractivity contribution >= 4 is 5.91 Å². The molecule has 1 amide bonds. The summed E-state index contributed by atoms with van der Waals surface area (Å²) in [7, 11) is 0. The summed E-state index contributed by atoms with van der Waals surface area (Å²) < 4.78 is 0. The third-order valence-corrected chi connectivity index (χ3v) is 5.25. The highest BCUT2D eigenvalue weighted by atomic mass is 16.3. The van der Waals surface area contributed by atoms with Gasteiger partial charge in [0.2, 0.25) is 5.91 Å². The molecule has 2 bridgehead atoms. The van der Waals surface area contributed by atoms with Crippen LogP contribution in [0, 0.1) is 17.8 Å². The minimum atomic E-state index is -0.757. The first-order valence-electron chi connectivity index (χ1n) is 8.52. The molecular formula is C17H32N2O2. The van der Waals surface area contributed by atoms with Gasteiger partial charge in [-0.1, -0.05) is 13.3 Å². The largest absolute Gasteiger partial charge is 0.389 e. The molecule has 2 N–H and O–H groups in total. The number of amides is 1. The van der Waals surface area contributed by atoms with Crippen LogP contribution in [-0.4, -0.2) is 47.2 Å². The van der Waals surface area contributed by atoms with Crippen LogP contribution in [0.1, 0.15) is 53.4 Å². The second kappa shape index (κ2) is 6.66. The van der Waals surface area contributed by atoms with E-state index in [1.165, 1.54) is 25.7 Å². The topological polar surface area (TPSA) is 52.6 Å². The minimum Gasteiger partial charge on any atom is -0.389 e. The van der Waals surface area contributed by atoms with Gasteiger partial charge in [-0.3, -0.25) is 9.69 Å². The van der Waals surface area contributed by atoms with Crippen molar-refractivity contribution in [3.63, 3.8) is 0 Å². The predicted molar refractivity (Wildman–Crippen MR) is 85.0 cm³/mol. The van der Waals surface area contributed by atoms with Crippen LogP contribution in [0.25, 0.3) is 0 Å². The van der Waals surface area contributed by atoms with Gasteiger partial charge in [-0.25, -0.2) is 0 Å². The van der Waals surface area contributed by atoms with E-state index in [2.05, 4.69) is 12.2 Å². The van der Waals surface area contributed by atoms with Gasteiger partial charge in [0.15, 0.2) is 0 Å². The van der Waals surface area contributed by atoms with Crippen molar-refractivity contribution in [2.24, 2.45) is 17.8 Å². The third-order valence-electron chi connectivity index (χ3n) is 5.25. The Labute approximate surface area is 129 Å². The SMILES string of the molecule is CCN(CC(=O)NC(C)C1CC2CCC1C2)CC(C)(C)O. The summed E-state index contributed by atoms with van der Waals surface area (Å²) in [5, 5.41) is 13.1. The second-order valence-electron chi connectivity index (χ2n) is 7.81. The Hall–Kier alpha value is -0.610. The van der Waals surface area contributed by atoms with Crippen LogP contribution in [0.2, 0.25) is 0 Å². The summed E-state index contributed by atoms with van der Waals surface area (Å²) >= 11 is 0. The first-order valence-corrected chi connectivity index (χ1v) is 8.52. The van der Waals surface area contributed by atoms with Crippen molar-refractivity contribution in [1.29, 1.82) is 0 Å². The molecule has 0 aromatic heterocycles. The Morgan fingerprint density at radius 3 is 2.57 bits per heavy atom. The molecule has 0 aromatic rings. The number of aliphatic hydroxyl groups is 1. The Balaban J connectivity index is 1.78. The van der Waals surface area contributed by atoms with Crippen molar-refractivity contribution in [2.45, 2.75) is 65.0 Å². The molecule has 4 heteroatoms. The minimum absolute atomic E-state index is 0.0939. The van der Waals surface area contributed by atoms with Gasteiger partial charge in [-0.05, 0) is 64.3 Å². The molecule has 0 saturated heterocycles. The lowest BCUT2D eigenvalue weighted by atomic mass is 9.84. The Kier molecular flexibility index (Phi) is 5.31. The van der Waals surface area contributed by atoms with Gasteiger partial charge in [0.25, 0.3) is 0 Å². The van der Waals surface area contributed by atoms with Crippen molar-refractivity contribution in [3.8, 4) is 0 Å². The molecule has 0 aromatic carbocycles. The molecule has 2 aliphatic carbocycles. The Morgan fingerprint density at radius 1 is 1.38 bits per heavy atom. The van der Waals surface area contributed by atoms with Crippen LogP contribution in [0.4, 0.5) is 0 Å². The number of hydrogen-bond donors (Lipinski definition) is 2. The van der Waals surface area contributed by atoms with E-state index < -0.39 is 5.60 Å². The van der Waals surface area contributed by atoms with Crippen LogP contribution in [0.3, 0.4) is 0 Å². The van der Waals surface area contributed by atoms with Crippen molar-refractivity contribution in [1.82, 2.24) is 10.2 Å². The van der Waals surface area contributed by atoms with Crippen molar-refractivity contribution < 1.29 is 9.90 Å². The Bertz CT molecular complexity index is 364. The highest BCUT2D eigenvalue weighted by Gasteiger charge is 2.42. The summed E-state index contributed by atoms with van der Waals surface area (Å²) in [6.07, 6.45) is 5.43. The monoisotopic (exact) mass is 296 g/mol. The Morgan fingerprint density at radius 2 is 2.10 bits per heavy atom. The van der Waals surface area contributed by atoms with Crippen LogP contribution >= 0.6 is 0 Å². The van der Waals surface area contributed by atoms with E-state index in [-0.39, 0.29) is 11.9 Å². The smallest absolute Gasteiger partial charge is 0.234 e. The van der Waals surface area contributed by atoms with E-state index in [9.17, 15) is 9.90 Å². The van der Waals surface area contributed by atoms with Crippen LogP contribution in [0.15, 0.2) is 0 Å². The van der Waals surface area contributed by atoms with Gasteiger partial charge >= 0.3 is 0 Å². The molecule has 21 heavy (non-hydrogen) atoms. The molecule has 2 fully saturated rings. The molecule has 0 spiro atoms. The average molecular weight is 296 g/mol. The molecule has 4 nitrogen and oxygen atoms in total. The van der Waals surface area contributed by atoms with E-state index in [0.717, 1.165) is 18.4 Å². The standard InChI is InChI=1S/C17H32N2O2/c1-5-19(11-17(3,4)21)10-16(20)18-12(2)15-9-13-6-7-14(15)8-13/h12-15,21H,5-11H2,1-4H3,(H,18,20). The molecular weight excluding hydrogens is 264 g/mol. The molecule has 0 heterocycles. The summed E-state index contributed by atoms with van der Waals surface area (Å²) in [5.74, 6) is 2.53. The van der Waals surface area contributed by atoms with E-state index in [1.54, 1.807) is 13.8 Å². The number of nitrogens with one attached hydrogen (secondary N) is 1. The molecule has 4 unspecified atom stereocenters. The summed E-state index contributed by atoms with van der Waals surface area (Å²) in [4.78, 5) is 14.2. The van der Waals surface area contributed by atoms with Crippen LogP contribution < -0.4 is 5.32 Å². The maximum atomic E-state index is 12.2. The average Bonchev–Trinajstić information content (AvgIpc) is 2.98. The zero-order valence-electron chi connectivity index (χ0n) is 14.1. The van der Waals surface area contributed by atoms with Gasteiger partial charge in [0.05, 0.1) is 12.1 Å². The molecule has 0 radical (unpaired) electrons.